The Morgan fingerprint density at radius 3 is 2.20 bits per heavy atom. The number of rotatable bonds is 4. The van der Waals surface area contributed by atoms with Gasteiger partial charge in [0.2, 0.25) is 5.91 Å². The normalized spacial score (nSPS) is 21.1. The van der Waals surface area contributed by atoms with Gasteiger partial charge in [0.15, 0.2) is 6.04 Å². The average Bonchev–Trinajstić information content (AvgIpc) is 3.25. The number of amides is 2. The Morgan fingerprint density at radius 2 is 1.52 bits per heavy atom. The van der Waals surface area contributed by atoms with Crippen molar-refractivity contribution in [2.45, 2.75) is 25.3 Å². The Balaban J connectivity index is 1.49. The number of carbonyl (C=O) groups is 2. The quantitative estimate of drug-likeness (QED) is 0.866. The van der Waals surface area contributed by atoms with Crippen molar-refractivity contribution in [2.24, 2.45) is 0 Å². The van der Waals surface area contributed by atoms with Crippen molar-refractivity contribution in [3.8, 4) is 11.5 Å². The zero-order valence-corrected chi connectivity index (χ0v) is 14.0. The van der Waals surface area contributed by atoms with Crippen molar-refractivity contribution >= 4 is 17.5 Å². The molecule has 2 aliphatic rings. The highest BCUT2D eigenvalue weighted by Crippen LogP contribution is 2.27. The van der Waals surface area contributed by atoms with Gasteiger partial charge in [0.05, 0.1) is 25.2 Å². The minimum Gasteiger partial charge on any atom is -0.457 e. The van der Waals surface area contributed by atoms with Crippen LogP contribution in [-0.4, -0.2) is 30.9 Å². The van der Waals surface area contributed by atoms with E-state index >= 15 is 0 Å². The number of benzene rings is 2. The smallest absolute Gasteiger partial charge is 0.292 e. The lowest BCUT2D eigenvalue weighted by atomic mass is 10.2. The Labute approximate surface area is 146 Å². The highest BCUT2D eigenvalue weighted by Gasteiger charge is 2.46. The van der Waals surface area contributed by atoms with E-state index in [1.165, 1.54) is 9.80 Å². The van der Waals surface area contributed by atoms with Crippen molar-refractivity contribution in [2.75, 3.05) is 18.0 Å². The number of ether oxygens (including phenoxy) is 1. The van der Waals surface area contributed by atoms with Gasteiger partial charge in [-0.25, -0.2) is 4.90 Å². The van der Waals surface area contributed by atoms with Crippen molar-refractivity contribution in [1.29, 1.82) is 0 Å². The fourth-order valence-corrected chi connectivity index (χ4v) is 3.69. The van der Waals surface area contributed by atoms with E-state index in [9.17, 15) is 9.59 Å². The van der Waals surface area contributed by atoms with Crippen LogP contribution < -0.4 is 14.5 Å². The van der Waals surface area contributed by atoms with Crippen LogP contribution in [0.1, 0.15) is 19.3 Å². The molecule has 0 spiro atoms. The Morgan fingerprint density at radius 1 is 0.880 bits per heavy atom. The standard InChI is InChI=1S/C20H20N2O3/c23-19-14-18(21-12-4-5-13-21)20(24)22(19)15-8-10-17(11-9-15)25-16-6-2-1-3-7-16/h1-3,6-11,18H,4-5,12-14H2/p+1/t18-/m1/s1. The molecule has 5 nitrogen and oxygen atoms in total. The lowest BCUT2D eigenvalue weighted by Crippen LogP contribution is -3.14. The summed E-state index contributed by atoms with van der Waals surface area (Å²) in [6, 6.07) is 16.4. The van der Waals surface area contributed by atoms with E-state index in [0.717, 1.165) is 31.7 Å². The van der Waals surface area contributed by atoms with Gasteiger partial charge in [0.25, 0.3) is 5.91 Å². The molecular formula is C20H21N2O3+. The first-order chi connectivity index (χ1) is 12.2. The predicted molar refractivity (Wildman–Crippen MR) is 93.8 cm³/mol. The molecule has 0 aliphatic carbocycles. The lowest BCUT2D eigenvalue weighted by Gasteiger charge is -2.19. The molecule has 0 aromatic heterocycles. The van der Waals surface area contributed by atoms with Crippen molar-refractivity contribution in [1.82, 2.24) is 0 Å². The second-order valence-corrected chi connectivity index (χ2v) is 6.60. The minimum absolute atomic E-state index is 0.0707. The third-order valence-electron chi connectivity index (χ3n) is 4.96. The maximum Gasteiger partial charge on any atom is 0.292 e. The van der Waals surface area contributed by atoms with E-state index < -0.39 is 0 Å². The lowest BCUT2D eigenvalue weighted by molar-refractivity contribution is -0.902. The topological polar surface area (TPSA) is 51.0 Å². The molecule has 25 heavy (non-hydrogen) atoms. The molecule has 128 valence electrons. The van der Waals surface area contributed by atoms with Crippen LogP contribution in [0.3, 0.4) is 0 Å². The summed E-state index contributed by atoms with van der Waals surface area (Å²) in [5.74, 6) is 1.25. The van der Waals surface area contributed by atoms with E-state index in [0.29, 0.717) is 17.9 Å². The number of imide groups is 1. The molecule has 2 aromatic carbocycles. The fraction of sp³-hybridized carbons (Fsp3) is 0.300. The number of likely N-dealkylation sites (tertiary alicyclic amines) is 1. The van der Waals surface area contributed by atoms with Crippen LogP contribution in [-0.2, 0) is 9.59 Å². The second kappa shape index (κ2) is 6.69. The van der Waals surface area contributed by atoms with Crippen LogP contribution in [0.2, 0.25) is 0 Å². The van der Waals surface area contributed by atoms with Gasteiger partial charge >= 0.3 is 0 Å². The number of hydrogen-bond donors (Lipinski definition) is 1. The molecule has 0 radical (unpaired) electrons. The molecule has 2 saturated heterocycles. The summed E-state index contributed by atoms with van der Waals surface area (Å²) < 4.78 is 5.76. The Kier molecular flexibility index (Phi) is 4.24. The number of nitrogens with zero attached hydrogens (tertiary/aromatic N) is 1. The van der Waals surface area contributed by atoms with E-state index in [4.69, 9.17) is 4.74 Å². The highest BCUT2D eigenvalue weighted by molar-refractivity contribution is 6.21. The van der Waals surface area contributed by atoms with Gasteiger partial charge in [0, 0.05) is 12.8 Å². The first-order valence-corrected chi connectivity index (χ1v) is 8.77. The third-order valence-corrected chi connectivity index (χ3v) is 4.96. The molecule has 1 atom stereocenters. The van der Waals surface area contributed by atoms with Crippen LogP contribution in [0.25, 0.3) is 0 Å². The molecule has 0 saturated carbocycles. The maximum atomic E-state index is 12.7. The Bertz CT molecular complexity index is 767. The first-order valence-electron chi connectivity index (χ1n) is 8.77. The summed E-state index contributed by atoms with van der Waals surface area (Å²) in [6.07, 6.45) is 2.59. The minimum atomic E-state index is -0.213. The molecule has 0 unspecified atom stereocenters. The van der Waals surface area contributed by atoms with E-state index in [1.54, 1.807) is 24.3 Å². The highest BCUT2D eigenvalue weighted by atomic mass is 16.5. The fourth-order valence-electron chi connectivity index (χ4n) is 3.69. The summed E-state index contributed by atoms with van der Waals surface area (Å²) in [6.45, 7) is 1.97. The van der Waals surface area contributed by atoms with Gasteiger partial charge in [-0.2, -0.15) is 0 Å². The van der Waals surface area contributed by atoms with E-state index in [2.05, 4.69) is 0 Å². The molecule has 2 aromatic rings. The van der Waals surface area contributed by atoms with E-state index in [1.807, 2.05) is 30.3 Å². The van der Waals surface area contributed by atoms with Crippen molar-refractivity contribution in [3.63, 3.8) is 0 Å². The maximum absolute atomic E-state index is 12.7. The number of hydrogen-bond acceptors (Lipinski definition) is 3. The zero-order chi connectivity index (χ0) is 17.2. The van der Waals surface area contributed by atoms with Gasteiger partial charge in [-0.15, -0.1) is 0 Å². The average molecular weight is 337 g/mol. The van der Waals surface area contributed by atoms with Crippen LogP contribution >= 0.6 is 0 Å². The molecular weight excluding hydrogens is 316 g/mol. The number of quaternary nitrogens is 1. The largest absolute Gasteiger partial charge is 0.457 e. The number of nitrogens with one attached hydrogen (secondary N) is 1. The monoisotopic (exact) mass is 337 g/mol. The van der Waals surface area contributed by atoms with E-state index in [-0.39, 0.29) is 17.9 Å². The van der Waals surface area contributed by atoms with Crippen LogP contribution in [0.4, 0.5) is 5.69 Å². The molecule has 0 bridgehead atoms. The molecule has 2 amide bonds. The van der Waals surface area contributed by atoms with Gasteiger partial charge < -0.3 is 9.64 Å². The number of para-hydroxylation sites is 1. The van der Waals surface area contributed by atoms with Gasteiger partial charge in [-0.1, -0.05) is 18.2 Å². The predicted octanol–water partition coefficient (Wildman–Crippen LogP) is 1.79. The summed E-state index contributed by atoms with van der Waals surface area (Å²) >= 11 is 0. The summed E-state index contributed by atoms with van der Waals surface area (Å²) in [5.41, 5.74) is 0.622. The molecule has 2 fully saturated rings. The zero-order valence-electron chi connectivity index (χ0n) is 14.0. The molecule has 1 N–H and O–H groups in total. The Hall–Kier alpha value is -2.66. The van der Waals surface area contributed by atoms with Crippen LogP contribution in [0.5, 0.6) is 11.5 Å². The molecule has 4 rings (SSSR count). The third kappa shape index (κ3) is 3.15. The van der Waals surface area contributed by atoms with Crippen LogP contribution in [0.15, 0.2) is 54.6 Å². The number of carbonyl (C=O) groups excluding carboxylic acids is 2. The van der Waals surface area contributed by atoms with Gasteiger partial charge in [-0.05, 0) is 36.4 Å². The van der Waals surface area contributed by atoms with Crippen molar-refractivity contribution in [3.05, 3.63) is 54.6 Å². The van der Waals surface area contributed by atoms with Crippen molar-refractivity contribution < 1.29 is 19.2 Å². The molecule has 2 heterocycles. The van der Waals surface area contributed by atoms with Gasteiger partial charge in [-0.3, -0.25) is 9.59 Å². The van der Waals surface area contributed by atoms with Crippen LogP contribution in [0, 0.1) is 0 Å². The first kappa shape index (κ1) is 15.8. The summed E-state index contributed by atoms with van der Waals surface area (Å²) in [4.78, 5) is 27.7. The SMILES string of the molecule is O=C1C[C@@H]([NH+]2CCCC2)C(=O)N1c1ccc(Oc2ccccc2)cc1. The van der Waals surface area contributed by atoms with Gasteiger partial charge in [0.1, 0.15) is 11.5 Å². The summed E-state index contributed by atoms with van der Waals surface area (Å²) in [7, 11) is 0. The summed E-state index contributed by atoms with van der Waals surface area (Å²) in [5, 5.41) is 0. The molecule has 2 aliphatic heterocycles. The second-order valence-electron chi connectivity index (χ2n) is 6.60. The number of anilines is 1. The molecule has 5 heteroatoms.